The third kappa shape index (κ3) is 2.02. The standard InChI is InChI=1S/C5H5N3.W/c1-2-6-5-3-4-7-8-5;/h1-4H,(H,7,8);/b6-2-;. The van der Waals surface area contributed by atoms with Crippen LogP contribution in [0.25, 0.3) is 0 Å². The van der Waals surface area contributed by atoms with Gasteiger partial charge in [-0.2, -0.15) is 0 Å². The third-order valence-corrected chi connectivity index (χ3v) is 1.20. The summed E-state index contributed by atoms with van der Waals surface area (Å²) in [6.07, 6.45) is 3.43. The molecular formula is C5H5N3W. The van der Waals surface area contributed by atoms with Crippen LogP contribution in [0.2, 0.25) is 0 Å². The molecule has 1 aromatic rings. The Morgan fingerprint density at radius 1 is 1.78 bits per heavy atom. The summed E-state index contributed by atoms with van der Waals surface area (Å²) in [4.78, 5) is 4.01. The minimum absolute atomic E-state index is 0.799. The van der Waals surface area contributed by atoms with Crippen molar-refractivity contribution in [3.63, 3.8) is 0 Å². The van der Waals surface area contributed by atoms with Crippen LogP contribution in [0.15, 0.2) is 17.3 Å². The molecule has 0 atom stereocenters. The number of nitrogens with one attached hydrogen (secondary N) is 1. The number of rotatable bonds is 2. The third-order valence-electron chi connectivity index (χ3n) is 0.761. The zero-order chi connectivity index (χ0) is 6.53. The van der Waals surface area contributed by atoms with Gasteiger partial charge in [0.2, 0.25) is 0 Å². The van der Waals surface area contributed by atoms with Crippen LogP contribution in [0, 0.1) is 0 Å². The molecule has 4 heteroatoms. The summed E-state index contributed by atoms with van der Waals surface area (Å²) >= 11 is 1.40. The molecule has 0 saturated carbocycles. The van der Waals surface area contributed by atoms with E-state index in [0.29, 0.717) is 0 Å². The average molecular weight is 291 g/mol. The summed E-state index contributed by atoms with van der Waals surface area (Å²) in [7, 11) is 0. The second kappa shape index (κ2) is 3.46. The van der Waals surface area contributed by atoms with Crippen molar-refractivity contribution in [2.24, 2.45) is 4.99 Å². The number of aromatic nitrogens is 2. The quantitative estimate of drug-likeness (QED) is 0.790. The predicted molar refractivity (Wildman–Crippen MR) is 32.8 cm³/mol. The van der Waals surface area contributed by atoms with E-state index in [-0.39, 0.29) is 0 Å². The van der Waals surface area contributed by atoms with Crippen LogP contribution in [0.4, 0.5) is 5.82 Å². The Bertz CT molecular complexity index is 202. The maximum atomic E-state index is 4.01. The van der Waals surface area contributed by atoms with E-state index in [0.717, 1.165) is 5.82 Å². The molecule has 1 N–H and O–H groups in total. The Morgan fingerprint density at radius 2 is 2.67 bits per heavy atom. The van der Waals surface area contributed by atoms with E-state index in [9.17, 15) is 0 Å². The van der Waals surface area contributed by atoms with E-state index in [1.807, 2.05) is 10.5 Å². The van der Waals surface area contributed by atoms with Gasteiger partial charge in [-0.25, -0.2) is 0 Å². The fraction of sp³-hybridized carbons (Fsp3) is 0. The molecule has 0 unspecified atom stereocenters. The van der Waals surface area contributed by atoms with Crippen molar-refractivity contribution in [1.82, 2.24) is 10.2 Å². The molecule has 0 bridgehead atoms. The molecule has 46 valence electrons. The molecular weight excluding hydrogens is 286 g/mol. The van der Waals surface area contributed by atoms with Crippen molar-refractivity contribution in [3.05, 3.63) is 12.3 Å². The minimum atomic E-state index is 0.799. The van der Waals surface area contributed by atoms with E-state index in [2.05, 4.69) is 15.2 Å². The van der Waals surface area contributed by atoms with Gasteiger partial charge in [0.05, 0.1) is 0 Å². The normalized spacial score (nSPS) is 10.2. The van der Waals surface area contributed by atoms with Crippen LogP contribution >= 0.6 is 0 Å². The first-order chi connectivity index (χ1) is 4.43. The van der Waals surface area contributed by atoms with Gasteiger partial charge in [0.25, 0.3) is 0 Å². The average Bonchev–Trinajstić information content (AvgIpc) is 2.34. The van der Waals surface area contributed by atoms with Crippen molar-refractivity contribution >= 4 is 16.4 Å². The second-order valence-corrected chi connectivity index (χ2v) is 2.33. The van der Waals surface area contributed by atoms with Crippen molar-refractivity contribution in [2.75, 3.05) is 0 Å². The summed E-state index contributed by atoms with van der Waals surface area (Å²) in [5.41, 5.74) is 0. The van der Waals surface area contributed by atoms with E-state index >= 15 is 0 Å². The zero-order valence-electron chi connectivity index (χ0n) is 4.61. The van der Waals surface area contributed by atoms with Crippen molar-refractivity contribution in [3.8, 4) is 0 Å². The van der Waals surface area contributed by atoms with Crippen LogP contribution in [0.1, 0.15) is 0 Å². The van der Waals surface area contributed by atoms with Gasteiger partial charge in [0.1, 0.15) is 0 Å². The molecule has 1 aromatic heterocycles. The first-order valence-corrected chi connectivity index (χ1v) is 4.10. The summed E-state index contributed by atoms with van der Waals surface area (Å²) in [6, 6.07) is 1.81. The topological polar surface area (TPSA) is 41.0 Å². The van der Waals surface area contributed by atoms with Gasteiger partial charge in [0.15, 0.2) is 0 Å². The van der Waals surface area contributed by atoms with E-state index in [1.165, 1.54) is 19.4 Å². The number of nitrogens with zero attached hydrogens (tertiary/aromatic N) is 2. The van der Waals surface area contributed by atoms with Crippen molar-refractivity contribution < 1.29 is 19.4 Å². The molecule has 3 nitrogen and oxygen atoms in total. The summed E-state index contributed by atoms with van der Waals surface area (Å²) in [5.74, 6) is 0.799. The monoisotopic (exact) mass is 291 g/mol. The van der Waals surface area contributed by atoms with Crippen LogP contribution in [0.5, 0.6) is 0 Å². The molecule has 0 saturated heterocycles. The number of hydrogen-bond acceptors (Lipinski definition) is 2. The molecule has 0 fully saturated rings. The molecule has 9 heavy (non-hydrogen) atoms. The molecule has 1 heterocycles. The van der Waals surface area contributed by atoms with Gasteiger partial charge >= 0.3 is 63.2 Å². The number of H-pyrrole nitrogens is 1. The van der Waals surface area contributed by atoms with Gasteiger partial charge < -0.3 is 0 Å². The molecule has 0 aromatic carbocycles. The Balaban J connectivity index is 2.67. The number of hydrogen-bond donors (Lipinski definition) is 1. The Labute approximate surface area is 63.6 Å². The first-order valence-electron chi connectivity index (χ1n) is 2.40. The van der Waals surface area contributed by atoms with Crippen LogP contribution in [-0.2, 0) is 19.4 Å². The maximum absolute atomic E-state index is 4.01. The fourth-order valence-corrected chi connectivity index (χ4v) is 0.650. The van der Waals surface area contributed by atoms with Crippen molar-refractivity contribution in [2.45, 2.75) is 0 Å². The van der Waals surface area contributed by atoms with Gasteiger partial charge in [-0.05, 0) is 0 Å². The van der Waals surface area contributed by atoms with Gasteiger partial charge in [0, 0.05) is 0 Å². The molecule has 0 aliphatic rings. The SMILES string of the molecule is [W]=[CH]/C=N\c1ccn[nH]1. The second-order valence-electron chi connectivity index (χ2n) is 1.36. The van der Waals surface area contributed by atoms with E-state index in [4.69, 9.17) is 0 Å². The Kier molecular flexibility index (Phi) is 2.52. The first kappa shape index (κ1) is 6.56. The molecule has 1 rings (SSSR count). The van der Waals surface area contributed by atoms with Gasteiger partial charge in [-0.15, -0.1) is 0 Å². The summed E-state index contributed by atoms with van der Waals surface area (Å²) < 4.78 is 1.95. The summed E-state index contributed by atoms with van der Waals surface area (Å²) in [5, 5.41) is 6.44. The van der Waals surface area contributed by atoms with Crippen molar-refractivity contribution in [1.29, 1.82) is 0 Å². The summed E-state index contributed by atoms with van der Waals surface area (Å²) in [6.45, 7) is 0. The molecule has 0 amide bonds. The Morgan fingerprint density at radius 3 is 3.22 bits per heavy atom. The molecule has 0 aliphatic heterocycles. The molecule has 0 aliphatic carbocycles. The number of aliphatic imine (C=N–C) groups is 1. The van der Waals surface area contributed by atoms with Crippen LogP contribution in [-0.4, -0.2) is 20.8 Å². The number of aromatic amines is 1. The predicted octanol–water partition coefficient (Wildman–Crippen LogP) is 0.461. The molecule has 0 spiro atoms. The Hall–Kier alpha value is -0.562. The van der Waals surface area contributed by atoms with Crippen LogP contribution < -0.4 is 0 Å². The van der Waals surface area contributed by atoms with Crippen LogP contribution in [0.3, 0.4) is 0 Å². The van der Waals surface area contributed by atoms with E-state index < -0.39 is 0 Å². The fourth-order valence-electron chi connectivity index (χ4n) is 0.431. The van der Waals surface area contributed by atoms with E-state index in [1.54, 1.807) is 12.4 Å². The van der Waals surface area contributed by atoms with Gasteiger partial charge in [-0.3, -0.25) is 0 Å². The molecule has 0 radical (unpaired) electrons. The zero-order valence-corrected chi connectivity index (χ0v) is 7.55. The van der Waals surface area contributed by atoms with Gasteiger partial charge in [-0.1, -0.05) is 0 Å².